The van der Waals surface area contributed by atoms with Crippen LogP contribution < -0.4 is 5.73 Å². The maximum Gasteiger partial charge on any atom is 0.335 e. The zero-order valence-corrected chi connectivity index (χ0v) is 22.3. The number of aliphatic hydroxyl groups is 1. The lowest BCUT2D eigenvalue weighted by Gasteiger charge is -2.48. The molecule has 2 heterocycles. The third kappa shape index (κ3) is 6.11. The number of fused-ring (bicyclic) bond motifs is 2. The quantitative estimate of drug-likeness (QED) is 0.562. The molecule has 4 aliphatic rings. The predicted octanol–water partition coefficient (Wildman–Crippen LogP) is 4.08. The van der Waals surface area contributed by atoms with E-state index in [1.807, 2.05) is 28.9 Å². The molecule has 8 heteroatoms. The Labute approximate surface area is 220 Å². The van der Waals surface area contributed by atoms with Crippen molar-refractivity contribution in [2.45, 2.75) is 77.2 Å². The number of nitrogens with zero attached hydrogens (tertiary/aromatic N) is 2. The molecule has 0 spiro atoms. The molecule has 5 rings (SSSR count). The minimum absolute atomic E-state index is 0.120. The van der Waals surface area contributed by atoms with Gasteiger partial charge in [0, 0.05) is 37.5 Å². The van der Waals surface area contributed by atoms with Crippen LogP contribution in [-0.4, -0.2) is 70.2 Å². The largest absolute Gasteiger partial charge is 0.478 e. The molecule has 1 aromatic carbocycles. The topological polar surface area (TPSA) is 124 Å². The minimum atomic E-state index is -0.892. The van der Waals surface area contributed by atoms with Crippen LogP contribution >= 0.6 is 0 Å². The van der Waals surface area contributed by atoms with Gasteiger partial charge in [-0.15, -0.1) is 0 Å². The normalized spacial score (nSPS) is 33.3. The van der Waals surface area contributed by atoms with Crippen molar-refractivity contribution in [2.75, 3.05) is 26.2 Å². The summed E-state index contributed by atoms with van der Waals surface area (Å²) in [4.78, 5) is 39.1. The molecule has 2 aliphatic heterocycles. The number of hydrogen-bond donors (Lipinski definition) is 3. The summed E-state index contributed by atoms with van der Waals surface area (Å²) < 4.78 is 0. The lowest BCUT2D eigenvalue weighted by Crippen LogP contribution is -2.48. The molecule has 4 fully saturated rings. The van der Waals surface area contributed by atoms with E-state index in [1.54, 1.807) is 12.1 Å². The number of rotatable bonds is 3. The van der Waals surface area contributed by atoms with Crippen LogP contribution in [0.5, 0.6) is 0 Å². The van der Waals surface area contributed by atoms with Gasteiger partial charge in [0.15, 0.2) is 0 Å². The lowest BCUT2D eigenvalue weighted by molar-refractivity contribution is -0.135. The van der Waals surface area contributed by atoms with Crippen molar-refractivity contribution in [1.82, 2.24) is 9.80 Å². The molecule has 2 saturated carbocycles. The average molecular weight is 514 g/mol. The number of aliphatic hydroxyl groups excluding tert-OH is 1. The molecule has 8 nitrogen and oxygen atoms in total. The highest BCUT2D eigenvalue weighted by Crippen LogP contribution is 2.50. The summed E-state index contributed by atoms with van der Waals surface area (Å²) in [7, 11) is 0. The smallest absolute Gasteiger partial charge is 0.335 e. The summed E-state index contributed by atoms with van der Waals surface area (Å²) in [6.07, 6.45) is 7.79. The Bertz CT molecular complexity index is 992. The number of piperidine rings is 1. The monoisotopic (exact) mass is 513 g/mol. The Kier molecular flexibility index (Phi) is 8.46. The molecule has 2 saturated heterocycles. The molecule has 2 aliphatic carbocycles. The number of carboxylic acids is 1. The fourth-order valence-corrected chi connectivity index (χ4v) is 7.19. The summed E-state index contributed by atoms with van der Waals surface area (Å²) in [6.45, 7) is 7.11. The Hall–Kier alpha value is -2.61. The maximum atomic E-state index is 12.5. The van der Waals surface area contributed by atoms with Gasteiger partial charge in [-0.05, 0) is 80.8 Å². The molecule has 3 amide bonds. The molecule has 6 unspecified atom stereocenters. The van der Waals surface area contributed by atoms with Crippen LogP contribution in [0, 0.1) is 23.2 Å². The van der Waals surface area contributed by atoms with E-state index in [0.29, 0.717) is 30.5 Å². The van der Waals surface area contributed by atoms with Gasteiger partial charge in [0.2, 0.25) is 5.91 Å². The number of carbonyl (C=O) groups is 3. The van der Waals surface area contributed by atoms with Crippen molar-refractivity contribution in [3.8, 4) is 0 Å². The molecule has 1 aromatic rings. The third-order valence-corrected chi connectivity index (χ3v) is 9.17. The molecule has 0 aromatic heterocycles. The van der Waals surface area contributed by atoms with E-state index in [0.717, 1.165) is 63.6 Å². The highest BCUT2D eigenvalue weighted by molar-refractivity contribution is 5.89. The molecule has 4 N–H and O–H groups in total. The Balaban J connectivity index is 0.000000186. The van der Waals surface area contributed by atoms with Gasteiger partial charge in [-0.3, -0.25) is 4.79 Å². The van der Waals surface area contributed by atoms with Crippen molar-refractivity contribution >= 4 is 17.9 Å². The second-order valence-corrected chi connectivity index (χ2v) is 12.1. The van der Waals surface area contributed by atoms with E-state index in [-0.39, 0.29) is 35.3 Å². The first-order valence-electron chi connectivity index (χ1n) is 13.9. The van der Waals surface area contributed by atoms with E-state index in [1.165, 1.54) is 6.42 Å². The zero-order valence-electron chi connectivity index (χ0n) is 22.3. The Morgan fingerprint density at radius 1 is 1.00 bits per heavy atom. The summed E-state index contributed by atoms with van der Waals surface area (Å²) in [6, 6.07) is 7.26. The van der Waals surface area contributed by atoms with Gasteiger partial charge in [-0.1, -0.05) is 32.0 Å². The van der Waals surface area contributed by atoms with Crippen LogP contribution in [0.4, 0.5) is 4.79 Å². The van der Waals surface area contributed by atoms with E-state index >= 15 is 0 Å². The first-order chi connectivity index (χ1) is 17.6. The van der Waals surface area contributed by atoms with Crippen LogP contribution in [0.15, 0.2) is 24.3 Å². The van der Waals surface area contributed by atoms with Gasteiger partial charge in [-0.2, -0.15) is 0 Å². The number of amides is 3. The fourth-order valence-electron chi connectivity index (χ4n) is 7.19. The minimum Gasteiger partial charge on any atom is -0.478 e. The average Bonchev–Trinajstić information content (AvgIpc) is 3.38. The molecule has 2 bridgehead atoms. The first kappa shape index (κ1) is 27.4. The summed E-state index contributed by atoms with van der Waals surface area (Å²) >= 11 is 0. The van der Waals surface area contributed by atoms with Gasteiger partial charge in [0.05, 0.1) is 11.7 Å². The highest BCUT2D eigenvalue weighted by atomic mass is 16.4. The van der Waals surface area contributed by atoms with Crippen molar-refractivity contribution in [3.05, 3.63) is 35.4 Å². The second kappa shape index (κ2) is 11.4. The van der Waals surface area contributed by atoms with Crippen LogP contribution in [0.3, 0.4) is 0 Å². The van der Waals surface area contributed by atoms with Gasteiger partial charge in [0.1, 0.15) is 0 Å². The molecular formula is C29H43N3O5. The Morgan fingerprint density at radius 3 is 2.38 bits per heavy atom. The molecule has 204 valence electrons. The van der Waals surface area contributed by atoms with E-state index in [4.69, 9.17) is 5.73 Å². The maximum absolute atomic E-state index is 12.5. The second-order valence-electron chi connectivity index (χ2n) is 12.1. The van der Waals surface area contributed by atoms with E-state index in [9.17, 15) is 24.6 Å². The van der Waals surface area contributed by atoms with Gasteiger partial charge in [-0.25, -0.2) is 9.59 Å². The van der Waals surface area contributed by atoms with Crippen molar-refractivity contribution in [1.29, 1.82) is 0 Å². The first-order valence-corrected chi connectivity index (χ1v) is 13.9. The summed E-state index contributed by atoms with van der Waals surface area (Å²) in [5.41, 5.74) is 6.30. The van der Waals surface area contributed by atoms with Gasteiger partial charge in [0.25, 0.3) is 0 Å². The number of hydrogen-bond acceptors (Lipinski definition) is 4. The number of carbonyl (C=O) groups excluding carboxylic acids is 2. The lowest BCUT2D eigenvalue weighted by atomic mass is 9.58. The number of nitrogens with two attached hydrogens (primary N) is 1. The molecular weight excluding hydrogens is 470 g/mol. The van der Waals surface area contributed by atoms with Crippen molar-refractivity contribution in [3.63, 3.8) is 0 Å². The van der Waals surface area contributed by atoms with E-state index in [2.05, 4.69) is 6.92 Å². The molecule has 0 radical (unpaired) electrons. The van der Waals surface area contributed by atoms with Crippen LogP contribution in [0.1, 0.15) is 87.1 Å². The number of primary amides is 1. The summed E-state index contributed by atoms with van der Waals surface area (Å²) in [5, 5.41) is 19.4. The van der Waals surface area contributed by atoms with Crippen LogP contribution in [0.2, 0.25) is 0 Å². The van der Waals surface area contributed by atoms with Crippen molar-refractivity contribution in [2.24, 2.45) is 28.9 Å². The van der Waals surface area contributed by atoms with Crippen LogP contribution in [0.25, 0.3) is 0 Å². The standard InChI is InChI=1S/C17H22N2O3.C12H21NO2/c20-16(21)15-7-3-2-6-14(15)13-8-11-19(12-13)17(22)18-9-4-1-5-10-18;1-7-3-8-4-9(10(7)14)6-12(2,5-8)11(13)15/h2-3,6-7,13H,1,4-5,8-12H2,(H,20,21);7-10,14H,3-6H2,1-2H3,(H2,13,15). The number of likely N-dealkylation sites (tertiary alicyclic amines) is 2. The third-order valence-electron chi connectivity index (χ3n) is 9.17. The number of urea groups is 1. The highest BCUT2D eigenvalue weighted by Gasteiger charge is 2.47. The number of benzene rings is 1. The Morgan fingerprint density at radius 2 is 1.70 bits per heavy atom. The van der Waals surface area contributed by atoms with Crippen LogP contribution in [-0.2, 0) is 4.79 Å². The van der Waals surface area contributed by atoms with Gasteiger partial charge < -0.3 is 25.7 Å². The summed E-state index contributed by atoms with van der Waals surface area (Å²) in [5.74, 6) is 0.284. The predicted molar refractivity (Wildman–Crippen MR) is 141 cm³/mol. The van der Waals surface area contributed by atoms with Gasteiger partial charge >= 0.3 is 12.0 Å². The fraction of sp³-hybridized carbons (Fsp3) is 0.690. The molecule has 6 atom stereocenters. The number of carboxylic acid groups (broad SMARTS) is 1. The SMILES string of the molecule is CC1CC2CC(CC(C)(C(N)=O)C2)C1O.O=C(O)c1ccccc1C1CCN(C(=O)N2CCCCC2)C1. The van der Waals surface area contributed by atoms with E-state index < -0.39 is 5.97 Å². The number of aromatic carboxylic acids is 1. The zero-order chi connectivity index (χ0) is 26.7. The molecule has 37 heavy (non-hydrogen) atoms. The van der Waals surface area contributed by atoms with Crippen molar-refractivity contribution < 1.29 is 24.6 Å².